The molecule has 3 N–H and O–H groups in total. The molecule has 8 heteroatoms. The molecular weight excluding hydrogens is 448 g/mol. The van der Waals surface area contributed by atoms with Crippen LogP contribution in [0.25, 0.3) is 11.1 Å². The quantitative estimate of drug-likeness (QED) is 0.447. The maximum absolute atomic E-state index is 13.0. The molecule has 3 rings (SSSR count). The van der Waals surface area contributed by atoms with E-state index in [2.05, 4.69) is 22.8 Å². The van der Waals surface area contributed by atoms with E-state index >= 15 is 0 Å². The summed E-state index contributed by atoms with van der Waals surface area (Å²) in [6.45, 7) is 5.63. The average molecular weight is 483 g/mol. The number of benzene rings is 2. The van der Waals surface area contributed by atoms with E-state index in [-0.39, 0.29) is 18.4 Å². The van der Waals surface area contributed by atoms with Crippen molar-refractivity contribution in [3.63, 3.8) is 0 Å². The van der Waals surface area contributed by atoms with E-state index < -0.39 is 36.2 Å². The molecule has 0 fully saturated rings. The standard InChI is InChI=1S/C27H34N2O6/c1-5-16(2)14-23(25(30)29-24(26(31)32)17(3)34-4)28-27(33)35-15-22-20-12-8-6-10-18(20)19-11-7-9-13-21(19)22/h6-13,16-17,22-24H,5,14-15H2,1-4H3,(H,28,33)(H,29,30)(H,31,32). The van der Waals surface area contributed by atoms with Crippen molar-refractivity contribution < 1.29 is 29.0 Å². The van der Waals surface area contributed by atoms with E-state index in [1.54, 1.807) is 6.92 Å². The molecule has 1 aliphatic carbocycles. The number of carbonyl (C=O) groups is 3. The predicted molar refractivity (Wildman–Crippen MR) is 132 cm³/mol. The van der Waals surface area contributed by atoms with Gasteiger partial charge in [0.1, 0.15) is 12.6 Å². The van der Waals surface area contributed by atoms with Gasteiger partial charge in [-0.05, 0) is 41.5 Å². The van der Waals surface area contributed by atoms with Crippen molar-refractivity contribution in [1.82, 2.24) is 10.6 Å². The summed E-state index contributed by atoms with van der Waals surface area (Å²) in [4.78, 5) is 37.3. The summed E-state index contributed by atoms with van der Waals surface area (Å²) in [5, 5.41) is 14.6. The second kappa shape index (κ2) is 11.8. The number of carboxylic acids is 1. The van der Waals surface area contributed by atoms with Crippen molar-refractivity contribution in [2.24, 2.45) is 5.92 Å². The summed E-state index contributed by atoms with van der Waals surface area (Å²) < 4.78 is 10.7. The van der Waals surface area contributed by atoms with E-state index in [9.17, 15) is 19.5 Å². The van der Waals surface area contributed by atoms with Crippen LogP contribution in [0, 0.1) is 5.92 Å². The normalized spacial score (nSPS) is 15.8. The smallest absolute Gasteiger partial charge is 0.407 e. The molecule has 35 heavy (non-hydrogen) atoms. The van der Waals surface area contributed by atoms with Gasteiger partial charge in [-0.1, -0.05) is 68.8 Å². The SMILES string of the molecule is CCC(C)CC(NC(=O)OCC1c2ccccc2-c2ccccc21)C(=O)NC(C(=O)O)C(C)OC. The fourth-order valence-electron chi connectivity index (χ4n) is 4.35. The zero-order valence-electron chi connectivity index (χ0n) is 20.6. The van der Waals surface area contributed by atoms with Crippen molar-refractivity contribution in [3.8, 4) is 11.1 Å². The number of ether oxygens (including phenoxy) is 2. The number of rotatable bonds is 11. The Morgan fingerprint density at radius 3 is 2.06 bits per heavy atom. The largest absolute Gasteiger partial charge is 0.480 e. The van der Waals surface area contributed by atoms with E-state index in [1.165, 1.54) is 7.11 Å². The van der Waals surface area contributed by atoms with E-state index in [1.807, 2.05) is 50.2 Å². The summed E-state index contributed by atoms with van der Waals surface area (Å²) in [6.07, 6.45) is -0.315. The zero-order chi connectivity index (χ0) is 25.5. The molecule has 0 aliphatic heterocycles. The van der Waals surface area contributed by atoms with Gasteiger partial charge in [-0.25, -0.2) is 9.59 Å². The Balaban J connectivity index is 1.69. The van der Waals surface area contributed by atoms with Crippen LogP contribution in [0.1, 0.15) is 50.7 Å². The number of methoxy groups -OCH3 is 1. The fraction of sp³-hybridized carbons (Fsp3) is 0.444. The summed E-state index contributed by atoms with van der Waals surface area (Å²) in [7, 11) is 1.37. The van der Waals surface area contributed by atoms with Crippen LogP contribution >= 0.6 is 0 Å². The molecule has 2 aromatic rings. The van der Waals surface area contributed by atoms with Crippen LogP contribution in [0.15, 0.2) is 48.5 Å². The molecule has 0 heterocycles. The summed E-state index contributed by atoms with van der Waals surface area (Å²) >= 11 is 0. The highest BCUT2D eigenvalue weighted by Crippen LogP contribution is 2.44. The number of hydrogen-bond acceptors (Lipinski definition) is 5. The van der Waals surface area contributed by atoms with Crippen molar-refractivity contribution in [2.45, 2.75) is 57.7 Å². The second-order valence-corrected chi connectivity index (χ2v) is 9.04. The second-order valence-electron chi connectivity index (χ2n) is 9.04. The van der Waals surface area contributed by atoms with Crippen LogP contribution in [0.3, 0.4) is 0 Å². The number of hydrogen-bond donors (Lipinski definition) is 3. The Kier molecular flexibility index (Phi) is 8.87. The van der Waals surface area contributed by atoms with Crippen molar-refractivity contribution in [1.29, 1.82) is 0 Å². The highest BCUT2D eigenvalue weighted by atomic mass is 16.5. The predicted octanol–water partition coefficient (Wildman–Crippen LogP) is 3.93. The molecule has 2 aromatic carbocycles. The molecule has 0 spiro atoms. The van der Waals surface area contributed by atoms with Gasteiger partial charge >= 0.3 is 12.1 Å². The minimum absolute atomic E-state index is 0.103. The minimum atomic E-state index is -1.24. The third-order valence-electron chi connectivity index (χ3n) is 6.69. The molecule has 4 atom stereocenters. The Morgan fingerprint density at radius 1 is 0.971 bits per heavy atom. The summed E-state index contributed by atoms with van der Waals surface area (Å²) in [5.41, 5.74) is 4.43. The lowest BCUT2D eigenvalue weighted by atomic mass is 9.98. The molecule has 8 nitrogen and oxygen atoms in total. The first-order valence-corrected chi connectivity index (χ1v) is 11.9. The molecule has 188 valence electrons. The van der Waals surface area contributed by atoms with Crippen LogP contribution in [-0.2, 0) is 19.1 Å². The van der Waals surface area contributed by atoms with E-state index in [4.69, 9.17) is 9.47 Å². The number of alkyl carbamates (subject to hydrolysis) is 1. The van der Waals surface area contributed by atoms with Crippen molar-refractivity contribution in [3.05, 3.63) is 59.7 Å². The molecule has 0 bridgehead atoms. The highest BCUT2D eigenvalue weighted by molar-refractivity contribution is 5.89. The van der Waals surface area contributed by atoms with E-state index in [0.29, 0.717) is 6.42 Å². The topological polar surface area (TPSA) is 114 Å². The first-order valence-electron chi connectivity index (χ1n) is 11.9. The van der Waals surface area contributed by atoms with Crippen LogP contribution in [0.4, 0.5) is 4.79 Å². The molecule has 0 radical (unpaired) electrons. The molecule has 0 saturated carbocycles. The average Bonchev–Trinajstić information content (AvgIpc) is 3.18. The van der Waals surface area contributed by atoms with Crippen LogP contribution in [0.2, 0.25) is 0 Å². The van der Waals surface area contributed by atoms with Crippen LogP contribution in [0.5, 0.6) is 0 Å². The molecule has 1 aliphatic rings. The van der Waals surface area contributed by atoms with Gasteiger partial charge in [-0.3, -0.25) is 4.79 Å². The van der Waals surface area contributed by atoms with Crippen molar-refractivity contribution in [2.75, 3.05) is 13.7 Å². The Morgan fingerprint density at radius 2 is 1.54 bits per heavy atom. The zero-order valence-corrected chi connectivity index (χ0v) is 20.6. The van der Waals surface area contributed by atoms with Gasteiger partial charge in [0.15, 0.2) is 6.04 Å². The highest BCUT2D eigenvalue weighted by Gasteiger charge is 2.32. The van der Waals surface area contributed by atoms with Gasteiger partial charge in [0.05, 0.1) is 6.10 Å². The van der Waals surface area contributed by atoms with Gasteiger partial charge in [0, 0.05) is 13.0 Å². The van der Waals surface area contributed by atoms with E-state index in [0.717, 1.165) is 28.7 Å². The monoisotopic (exact) mass is 482 g/mol. The maximum Gasteiger partial charge on any atom is 0.407 e. The number of aliphatic carboxylic acids is 1. The minimum Gasteiger partial charge on any atom is -0.480 e. The van der Waals surface area contributed by atoms with Gasteiger partial charge < -0.3 is 25.2 Å². The lowest BCUT2D eigenvalue weighted by Crippen LogP contribution is -2.55. The Labute approximate surface area is 206 Å². The molecule has 0 saturated heterocycles. The molecular formula is C27H34N2O6. The van der Waals surface area contributed by atoms with Crippen molar-refractivity contribution >= 4 is 18.0 Å². The fourth-order valence-corrected chi connectivity index (χ4v) is 4.35. The number of amides is 2. The number of carbonyl (C=O) groups excluding carboxylic acids is 2. The van der Waals surface area contributed by atoms with Crippen LogP contribution < -0.4 is 10.6 Å². The Bertz CT molecular complexity index is 1010. The van der Waals surface area contributed by atoms with Gasteiger partial charge in [0.25, 0.3) is 0 Å². The van der Waals surface area contributed by atoms with Gasteiger partial charge in [-0.2, -0.15) is 0 Å². The Hall–Kier alpha value is -3.39. The molecule has 0 aromatic heterocycles. The third-order valence-corrected chi connectivity index (χ3v) is 6.69. The lowest BCUT2D eigenvalue weighted by molar-refractivity contribution is -0.145. The number of fused-ring (bicyclic) bond motifs is 3. The molecule has 4 unspecified atom stereocenters. The number of nitrogens with one attached hydrogen (secondary N) is 2. The molecule has 2 amide bonds. The summed E-state index contributed by atoms with van der Waals surface area (Å²) in [5.74, 6) is -1.78. The first kappa shape index (κ1) is 26.2. The summed E-state index contributed by atoms with van der Waals surface area (Å²) in [6, 6.07) is 13.9. The van der Waals surface area contributed by atoms with Gasteiger partial charge in [-0.15, -0.1) is 0 Å². The first-order chi connectivity index (χ1) is 16.8. The number of carboxylic acid groups (broad SMARTS) is 1. The maximum atomic E-state index is 13.0. The lowest BCUT2D eigenvalue weighted by Gasteiger charge is -2.25. The van der Waals surface area contributed by atoms with Crippen LogP contribution in [-0.4, -0.2) is 55.0 Å². The third kappa shape index (κ3) is 6.19. The van der Waals surface area contributed by atoms with Gasteiger partial charge in [0.2, 0.25) is 5.91 Å².